The third kappa shape index (κ3) is 1.89. The van der Waals surface area contributed by atoms with E-state index >= 15 is 0 Å². The number of aryl methyl sites for hydroxylation is 3. The zero-order valence-corrected chi connectivity index (χ0v) is 13.8. The van der Waals surface area contributed by atoms with Gasteiger partial charge in [-0.15, -0.1) is 0 Å². The van der Waals surface area contributed by atoms with Gasteiger partial charge >= 0.3 is 86.3 Å². The molecule has 1 rings (SSSR count). The molecule has 0 atom stereocenters. The maximum absolute atomic E-state index is 11.3. The second-order valence-electron chi connectivity index (χ2n) is 3.33. The summed E-state index contributed by atoms with van der Waals surface area (Å²) in [7, 11) is 0. The van der Waals surface area contributed by atoms with E-state index < -0.39 is 0 Å². The van der Waals surface area contributed by atoms with Gasteiger partial charge in [0.1, 0.15) is 0 Å². The molecule has 0 amide bonds. The zero-order valence-electron chi connectivity index (χ0n) is 8.06. The first kappa shape index (κ1) is 9.77. The molecule has 0 spiro atoms. The van der Waals surface area contributed by atoms with E-state index in [9.17, 15) is 4.79 Å². The first-order valence-corrected chi connectivity index (χ1v) is 6.96. The average molecular weight is 269 g/mol. The molecule has 0 aliphatic heterocycles. The van der Waals surface area contributed by atoms with Gasteiger partial charge in [0.05, 0.1) is 0 Å². The van der Waals surface area contributed by atoms with Crippen molar-refractivity contribution in [2.24, 2.45) is 0 Å². The molecular formula is C10H14OSn. The fourth-order valence-electron chi connectivity index (χ4n) is 1.74. The molecule has 1 nitrogen and oxygen atoms in total. The van der Waals surface area contributed by atoms with Crippen LogP contribution in [0.2, 0.25) is 0 Å². The van der Waals surface area contributed by atoms with Crippen LogP contribution in [-0.4, -0.2) is 26.3 Å². The Balaban J connectivity index is 3.38. The number of rotatable bonds is 1. The van der Waals surface area contributed by atoms with Gasteiger partial charge in [0.25, 0.3) is 0 Å². The standard InChI is InChI=1S/C10H11O.Sn.3H/c1-7-4-8(2)10(6-11)9(3)5-7;;;;/h4-5H,1-3H3;;;;. The summed E-state index contributed by atoms with van der Waals surface area (Å²) >= 11 is 0.0992. The summed E-state index contributed by atoms with van der Waals surface area (Å²) in [5.41, 5.74) is 4.48. The average Bonchev–Trinajstić information content (AvgIpc) is 1.82. The summed E-state index contributed by atoms with van der Waals surface area (Å²) in [4.78, 5) is 11.3. The molecule has 0 fully saturated rings. The molecule has 0 bridgehead atoms. The Morgan fingerprint density at radius 2 is 1.58 bits per heavy atom. The fraction of sp³-hybridized carbons (Fsp3) is 0.300. The summed E-state index contributed by atoms with van der Waals surface area (Å²) in [6.45, 7) is 6.10. The van der Waals surface area contributed by atoms with Crippen LogP contribution in [0.15, 0.2) is 12.1 Å². The molecule has 0 aromatic heterocycles. The zero-order chi connectivity index (χ0) is 9.30. The van der Waals surface area contributed by atoms with Crippen LogP contribution >= 0.6 is 0 Å². The van der Waals surface area contributed by atoms with E-state index in [-0.39, 0.29) is 22.5 Å². The third-order valence-electron chi connectivity index (χ3n) is 2.03. The van der Waals surface area contributed by atoms with Crippen molar-refractivity contribution in [3.8, 4) is 0 Å². The maximum atomic E-state index is 11.3. The Bertz CT molecular complexity index is 306. The Labute approximate surface area is 86.3 Å². The number of hydrogen-bond acceptors (Lipinski definition) is 1. The van der Waals surface area contributed by atoms with Crippen LogP contribution in [0, 0.1) is 20.8 Å². The molecule has 0 aliphatic carbocycles. The van der Waals surface area contributed by atoms with E-state index in [1.807, 2.05) is 13.8 Å². The van der Waals surface area contributed by atoms with Crippen molar-refractivity contribution >= 4 is 26.3 Å². The normalized spacial score (nSPS) is 10.2. The van der Waals surface area contributed by atoms with Crippen LogP contribution in [0.5, 0.6) is 0 Å². The van der Waals surface area contributed by atoms with Gasteiger partial charge in [-0.25, -0.2) is 0 Å². The molecule has 0 unspecified atom stereocenters. The molecular weight excluding hydrogens is 255 g/mol. The van der Waals surface area contributed by atoms with Gasteiger partial charge in [-0.3, -0.25) is 0 Å². The van der Waals surface area contributed by atoms with Gasteiger partial charge in [0.15, 0.2) is 0 Å². The number of benzene rings is 1. The van der Waals surface area contributed by atoms with Gasteiger partial charge in [0.2, 0.25) is 0 Å². The van der Waals surface area contributed by atoms with Gasteiger partial charge in [-0.2, -0.15) is 0 Å². The van der Waals surface area contributed by atoms with Crippen LogP contribution in [0.1, 0.15) is 27.0 Å². The fourth-order valence-corrected chi connectivity index (χ4v) is 3.99. The number of carbonyl (C=O) groups is 1. The molecule has 1 aromatic carbocycles. The Kier molecular flexibility index (Phi) is 2.93. The van der Waals surface area contributed by atoms with Crippen molar-refractivity contribution in [2.45, 2.75) is 20.8 Å². The molecule has 0 saturated carbocycles. The van der Waals surface area contributed by atoms with Gasteiger partial charge in [-0.1, -0.05) is 0 Å². The van der Waals surface area contributed by atoms with Crippen LogP contribution in [-0.2, 0) is 0 Å². The van der Waals surface area contributed by atoms with E-state index in [1.165, 1.54) is 5.56 Å². The Morgan fingerprint density at radius 3 is 1.92 bits per heavy atom. The summed E-state index contributed by atoms with van der Waals surface area (Å²) in [6.07, 6.45) is 0. The molecule has 12 heavy (non-hydrogen) atoms. The van der Waals surface area contributed by atoms with E-state index in [4.69, 9.17) is 0 Å². The van der Waals surface area contributed by atoms with Crippen molar-refractivity contribution in [1.82, 2.24) is 0 Å². The van der Waals surface area contributed by atoms with Crippen molar-refractivity contribution in [1.29, 1.82) is 0 Å². The van der Waals surface area contributed by atoms with E-state index in [0.717, 1.165) is 16.7 Å². The van der Waals surface area contributed by atoms with Crippen LogP contribution in [0.25, 0.3) is 0 Å². The second-order valence-corrected chi connectivity index (χ2v) is 5.92. The number of carbonyl (C=O) groups excluding carboxylic acids is 1. The van der Waals surface area contributed by atoms with Crippen molar-refractivity contribution in [2.75, 3.05) is 0 Å². The molecule has 0 aliphatic rings. The molecule has 0 N–H and O–H groups in total. The first-order chi connectivity index (χ1) is 5.52. The third-order valence-corrected chi connectivity index (χ3v) is 3.46. The number of hydrogen-bond donors (Lipinski definition) is 0. The molecule has 2 heteroatoms. The SMILES string of the molecule is Cc1cc(C)c([C](=O)[SnH3])c(C)c1. The summed E-state index contributed by atoms with van der Waals surface area (Å²) in [6, 6.07) is 4.16. The summed E-state index contributed by atoms with van der Waals surface area (Å²) < 4.78 is 0.367. The molecule has 1 aromatic rings. The van der Waals surface area contributed by atoms with Gasteiger partial charge in [-0.05, 0) is 0 Å². The van der Waals surface area contributed by atoms with E-state index in [2.05, 4.69) is 19.1 Å². The van der Waals surface area contributed by atoms with E-state index in [0.29, 0.717) is 3.80 Å². The quantitative estimate of drug-likeness (QED) is 0.698. The van der Waals surface area contributed by atoms with Crippen LogP contribution in [0.3, 0.4) is 0 Å². The van der Waals surface area contributed by atoms with Crippen molar-refractivity contribution < 1.29 is 4.79 Å². The molecule has 0 heterocycles. The predicted octanol–water partition coefficient (Wildman–Crippen LogP) is 1.12. The minimum absolute atomic E-state index is 0.0992. The van der Waals surface area contributed by atoms with Crippen molar-refractivity contribution in [3.63, 3.8) is 0 Å². The molecule has 64 valence electrons. The summed E-state index contributed by atoms with van der Waals surface area (Å²) in [5.74, 6) is 0. The topological polar surface area (TPSA) is 17.1 Å². The monoisotopic (exact) mass is 270 g/mol. The molecule has 0 radical (unpaired) electrons. The second kappa shape index (κ2) is 3.60. The summed E-state index contributed by atoms with van der Waals surface area (Å²) in [5, 5.41) is 0. The predicted molar refractivity (Wildman–Crippen MR) is 54.9 cm³/mol. The van der Waals surface area contributed by atoms with Crippen LogP contribution in [0.4, 0.5) is 0 Å². The molecule has 0 saturated heterocycles. The van der Waals surface area contributed by atoms with Crippen LogP contribution < -0.4 is 0 Å². The van der Waals surface area contributed by atoms with Gasteiger partial charge < -0.3 is 0 Å². The minimum atomic E-state index is 0.0992. The van der Waals surface area contributed by atoms with E-state index in [1.54, 1.807) is 0 Å². The first-order valence-electron chi connectivity index (χ1n) is 4.11. The van der Waals surface area contributed by atoms with Crippen molar-refractivity contribution in [3.05, 3.63) is 34.4 Å². The Hall–Kier alpha value is -0.311. The Morgan fingerprint density at radius 1 is 1.17 bits per heavy atom. The van der Waals surface area contributed by atoms with Gasteiger partial charge in [0, 0.05) is 0 Å².